The summed E-state index contributed by atoms with van der Waals surface area (Å²) < 4.78 is 0.943. The number of fused-ring (bicyclic) bond motifs is 1. The van der Waals surface area contributed by atoms with Gasteiger partial charge in [0.15, 0.2) is 4.34 Å². The van der Waals surface area contributed by atoms with Crippen LogP contribution in [0, 0.1) is 17.8 Å². The Bertz CT molecular complexity index is 544. The van der Waals surface area contributed by atoms with E-state index in [0.29, 0.717) is 29.0 Å². The molecule has 1 heterocycles. The van der Waals surface area contributed by atoms with E-state index in [1.54, 1.807) is 18.0 Å². The van der Waals surface area contributed by atoms with Gasteiger partial charge < -0.3 is 5.32 Å². The van der Waals surface area contributed by atoms with E-state index in [1.165, 1.54) is 11.3 Å². The predicted molar refractivity (Wildman–Crippen MR) is 84.8 cm³/mol. The molecule has 114 valence electrons. The minimum atomic E-state index is -0.0453. The van der Waals surface area contributed by atoms with Gasteiger partial charge in [-0.1, -0.05) is 18.7 Å². The molecule has 3 unspecified atom stereocenters. The first kappa shape index (κ1) is 15.0. The summed E-state index contributed by atoms with van der Waals surface area (Å²) in [4.78, 5) is 28.7. The van der Waals surface area contributed by atoms with Gasteiger partial charge in [-0.2, -0.15) is 0 Å². The summed E-state index contributed by atoms with van der Waals surface area (Å²) in [7, 11) is 0. The highest BCUT2D eigenvalue weighted by atomic mass is 32.2. The number of thiazole rings is 1. The molecule has 0 saturated heterocycles. The Labute approximate surface area is 133 Å². The fraction of sp³-hybridized carbons (Fsp3) is 0.667. The maximum atomic E-state index is 12.0. The lowest BCUT2D eigenvalue weighted by Crippen LogP contribution is -2.24. The Morgan fingerprint density at radius 2 is 2.38 bits per heavy atom. The number of nitrogens with one attached hydrogen (secondary N) is 1. The van der Waals surface area contributed by atoms with Crippen LogP contribution in [0.4, 0.5) is 0 Å². The van der Waals surface area contributed by atoms with E-state index in [4.69, 9.17) is 0 Å². The van der Waals surface area contributed by atoms with Crippen molar-refractivity contribution in [3.63, 3.8) is 0 Å². The molecule has 21 heavy (non-hydrogen) atoms. The van der Waals surface area contributed by atoms with E-state index < -0.39 is 0 Å². The van der Waals surface area contributed by atoms with Gasteiger partial charge >= 0.3 is 0 Å². The molecule has 3 atom stereocenters. The Morgan fingerprint density at radius 1 is 1.52 bits per heavy atom. The second-order valence-electron chi connectivity index (χ2n) is 5.76. The number of Topliss-reactive ketones (excluding diaryl/α,β-unsaturated/α-hetero) is 1. The van der Waals surface area contributed by atoms with Crippen molar-refractivity contribution in [3.8, 4) is 0 Å². The molecule has 2 aliphatic carbocycles. The third kappa shape index (κ3) is 3.48. The number of amides is 1. The Hall–Kier alpha value is -0.880. The summed E-state index contributed by atoms with van der Waals surface area (Å²) in [5.41, 5.74) is 0. The van der Waals surface area contributed by atoms with Gasteiger partial charge in [-0.15, -0.1) is 11.3 Å². The monoisotopic (exact) mass is 324 g/mol. The molecule has 0 aliphatic heterocycles. The summed E-state index contributed by atoms with van der Waals surface area (Å²) in [5, 5.41) is 2.93. The number of nitrogens with zero attached hydrogens (tertiary/aromatic N) is 1. The molecule has 1 N–H and O–H groups in total. The van der Waals surface area contributed by atoms with E-state index >= 15 is 0 Å². The van der Waals surface area contributed by atoms with Crippen LogP contribution < -0.4 is 5.32 Å². The summed E-state index contributed by atoms with van der Waals surface area (Å²) in [6.07, 6.45) is 5.67. The molecule has 1 amide bonds. The lowest BCUT2D eigenvalue weighted by atomic mass is 9.97. The molecule has 6 heteroatoms. The van der Waals surface area contributed by atoms with Gasteiger partial charge in [-0.25, -0.2) is 4.98 Å². The summed E-state index contributed by atoms with van der Waals surface area (Å²) >= 11 is 3.09. The molecule has 1 aromatic heterocycles. The Balaban J connectivity index is 1.36. The van der Waals surface area contributed by atoms with Crippen molar-refractivity contribution in [1.82, 2.24) is 10.3 Å². The predicted octanol–water partition coefficient (Wildman–Crippen LogP) is 2.99. The molecule has 4 nitrogen and oxygen atoms in total. The van der Waals surface area contributed by atoms with Gasteiger partial charge in [0, 0.05) is 18.4 Å². The molecule has 0 bridgehead atoms. The summed E-state index contributed by atoms with van der Waals surface area (Å²) in [6, 6.07) is 0. The smallest absolute Gasteiger partial charge is 0.263 e. The quantitative estimate of drug-likeness (QED) is 0.619. The number of hydrogen-bond acceptors (Lipinski definition) is 5. The first-order chi connectivity index (χ1) is 10.2. The second-order valence-corrected chi connectivity index (χ2v) is 8.30. The molecule has 2 saturated carbocycles. The average molecular weight is 324 g/mol. The van der Waals surface area contributed by atoms with Gasteiger partial charge in [0.1, 0.15) is 10.7 Å². The first-order valence-electron chi connectivity index (χ1n) is 7.59. The van der Waals surface area contributed by atoms with E-state index in [9.17, 15) is 9.59 Å². The number of rotatable bonds is 7. The molecular weight excluding hydrogens is 304 g/mol. The number of carbonyl (C=O) groups is 2. The largest absolute Gasteiger partial charge is 0.351 e. The van der Waals surface area contributed by atoms with Crippen molar-refractivity contribution in [2.45, 2.75) is 36.9 Å². The highest BCUT2D eigenvalue weighted by Crippen LogP contribution is 2.52. The van der Waals surface area contributed by atoms with Crippen LogP contribution in [-0.2, 0) is 4.79 Å². The third-order valence-corrected chi connectivity index (χ3v) is 6.30. The summed E-state index contributed by atoms with van der Waals surface area (Å²) in [6.45, 7) is 2.71. The van der Waals surface area contributed by atoms with Gasteiger partial charge in [0.25, 0.3) is 5.91 Å². The number of hydrogen-bond donors (Lipinski definition) is 1. The molecule has 2 fully saturated rings. The number of ketones is 1. The number of carbonyl (C=O) groups excluding carboxylic acids is 2. The zero-order chi connectivity index (χ0) is 14.8. The van der Waals surface area contributed by atoms with Crippen LogP contribution in [0.3, 0.4) is 0 Å². The fourth-order valence-electron chi connectivity index (χ4n) is 3.09. The first-order valence-corrected chi connectivity index (χ1v) is 9.39. The minimum Gasteiger partial charge on any atom is -0.351 e. The van der Waals surface area contributed by atoms with Crippen molar-refractivity contribution in [3.05, 3.63) is 11.1 Å². The molecule has 2 aliphatic rings. The second kappa shape index (κ2) is 6.48. The van der Waals surface area contributed by atoms with Crippen molar-refractivity contribution in [2.24, 2.45) is 17.8 Å². The van der Waals surface area contributed by atoms with E-state index in [-0.39, 0.29) is 11.8 Å². The Morgan fingerprint density at radius 3 is 3.10 bits per heavy atom. The van der Waals surface area contributed by atoms with Crippen molar-refractivity contribution in [2.75, 3.05) is 12.3 Å². The number of aromatic nitrogens is 1. The Kier molecular flexibility index (Phi) is 4.64. The van der Waals surface area contributed by atoms with Crippen LogP contribution in [0.1, 0.15) is 42.3 Å². The molecular formula is C15H20N2O2S2. The summed E-state index contributed by atoms with van der Waals surface area (Å²) in [5.74, 6) is 2.76. The van der Waals surface area contributed by atoms with Gasteiger partial charge in [0.05, 0.1) is 6.20 Å². The van der Waals surface area contributed by atoms with E-state index in [0.717, 1.165) is 35.8 Å². The van der Waals surface area contributed by atoms with Crippen LogP contribution in [0.25, 0.3) is 0 Å². The highest BCUT2D eigenvalue weighted by Gasteiger charge is 2.52. The van der Waals surface area contributed by atoms with Crippen LogP contribution in [0.2, 0.25) is 0 Å². The average Bonchev–Trinajstić information content (AvgIpc) is 2.96. The van der Waals surface area contributed by atoms with Gasteiger partial charge in [0.2, 0.25) is 0 Å². The third-order valence-electron chi connectivity index (χ3n) is 4.27. The zero-order valence-corrected chi connectivity index (χ0v) is 13.8. The van der Waals surface area contributed by atoms with E-state index in [1.807, 2.05) is 0 Å². The van der Waals surface area contributed by atoms with E-state index in [2.05, 4.69) is 17.2 Å². The zero-order valence-electron chi connectivity index (χ0n) is 12.1. The lowest BCUT2D eigenvalue weighted by molar-refractivity contribution is -0.122. The fourth-order valence-corrected chi connectivity index (χ4v) is 4.89. The van der Waals surface area contributed by atoms with Crippen molar-refractivity contribution in [1.29, 1.82) is 0 Å². The molecule has 3 rings (SSSR count). The topological polar surface area (TPSA) is 59.1 Å². The van der Waals surface area contributed by atoms with Crippen molar-refractivity contribution < 1.29 is 9.59 Å². The van der Waals surface area contributed by atoms with Gasteiger partial charge in [-0.05, 0) is 37.4 Å². The van der Waals surface area contributed by atoms with Crippen LogP contribution in [0.15, 0.2) is 10.5 Å². The maximum absolute atomic E-state index is 12.0. The highest BCUT2D eigenvalue weighted by molar-refractivity contribution is 8.01. The standard InChI is InChI=1S/C15H20N2O2S2/c1-2-20-15-17-8-12(21-15)14(19)16-5-3-4-9-6-10-7-11(10)13(9)18/h8-11H,2-7H2,1H3,(H,16,19). The van der Waals surface area contributed by atoms with Crippen LogP contribution in [-0.4, -0.2) is 29.0 Å². The van der Waals surface area contributed by atoms with Crippen molar-refractivity contribution >= 4 is 34.8 Å². The molecule has 1 aromatic rings. The molecule has 0 radical (unpaired) electrons. The number of thioether (sulfide) groups is 1. The normalized spacial score (nSPS) is 26.7. The van der Waals surface area contributed by atoms with Crippen LogP contribution >= 0.6 is 23.1 Å². The minimum absolute atomic E-state index is 0.0453. The molecule has 0 spiro atoms. The van der Waals surface area contributed by atoms with Gasteiger partial charge in [-0.3, -0.25) is 9.59 Å². The SMILES string of the molecule is CCSc1ncc(C(=O)NCCCC2CC3CC3C2=O)s1. The lowest BCUT2D eigenvalue weighted by Gasteiger charge is -2.10. The molecule has 0 aromatic carbocycles. The maximum Gasteiger partial charge on any atom is 0.263 e. The van der Waals surface area contributed by atoms with Crippen LogP contribution in [0.5, 0.6) is 0 Å².